The lowest BCUT2D eigenvalue weighted by Gasteiger charge is -2.25. The first-order valence-corrected chi connectivity index (χ1v) is 8.43. The first kappa shape index (κ1) is 16.5. The number of hydrogen-bond acceptors (Lipinski definition) is 3. The Morgan fingerprint density at radius 2 is 1.54 bits per heavy atom. The van der Waals surface area contributed by atoms with E-state index in [2.05, 4.69) is 49.1 Å². The lowest BCUT2D eigenvalue weighted by atomic mass is 10.1. The number of benzene rings is 2. The van der Waals surface area contributed by atoms with E-state index in [4.69, 9.17) is 9.40 Å². The van der Waals surface area contributed by atoms with E-state index in [9.17, 15) is 0 Å². The van der Waals surface area contributed by atoms with E-state index in [0.717, 1.165) is 30.1 Å². The Bertz CT molecular complexity index is 763. The minimum Gasteiger partial charge on any atom is -0.441 e. The van der Waals surface area contributed by atoms with Crippen LogP contribution in [0, 0.1) is 6.92 Å². The van der Waals surface area contributed by atoms with Crippen LogP contribution < -0.4 is 0 Å². The summed E-state index contributed by atoms with van der Waals surface area (Å²) in [5.74, 6) is 1.60. The van der Waals surface area contributed by atoms with Crippen molar-refractivity contribution < 1.29 is 4.42 Å². The van der Waals surface area contributed by atoms with Gasteiger partial charge in [-0.2, -0.15) is 0 Å². The summed E-state index contributed by atoms with van der Waals surface area (Å²) in [7, 11) is 0. The molecule has 3 aromatic rings. The summed E-state index contributed by atoms with van der Waals surface area (Å²) >= 11 is 0. The van der Waals surface area contributed by atoms with Crippen LogP contribution in [-0.2, 0) is 13.1 Å². The van der Waals surface area contributed by atoms with Gasteiger partial charge in [-0.05, 0) is 38.5 Å². The molecule has 3 rings (SSSR count). The molecule has 2 aromatic carbocycles. The van der Waals surface area contributed by atoms with E-state index in [0.29, 0.717) is 11.9 Å². The van der Waals surface area contributed by atoms with Crippen molar-refractivity contribution >= 4 is 0 Å². The van der Waals surface area contributed by atoms with Crippen LogP contribution in [0.15, 0.2) is 65.1 Å². The topological polar surface area (TPSA) is 29.3 Å². The second-order valence-corrected chi connectivity index (χ2v) is 6.37. The van der Waals surface area contributed by atoms with Crippen molar-refractivity contribution in [3.8, 4) is 11.5 Å². The van der Waals surface area contributed by atoms with E-state index in [1.165, 1.54) is 5.56 Å². The van der Waals surface area contributed by atoms with Gasteiger partial charge in [0.25, 0.3) is 0 Å². The summed E-state index contributed by atoms with van der Waals surface area (Å²) in [6, 6.07) is 21.1. The molecule has 1 aromatic heterocycles. The van der Waals surface area contributed by atoms with Gasteiger partial charge >= 0.3 is 0 Å². The molecule has 0 aliphatic heterocycles. The van der Waals surface area contributed by atoms with Gasteiger partial charge in [-0.25, -0.2) is 4.98 Å². The molecule has 0 aliphatic carbocycles. The van der Waals surface area contributed by atoms with Crippen molar-refractivity contribution in [2.75, 3.05) is 0 Å². The Morgan fingerprint density at radius 1 is 0.917 bits per heavy atom. The van der Waals surface area contributed by atoms with Crippen LogP contribution in [0.4, 0.5) is 0 Å². The summed E-state index contributed by atoms with van der Waals surface area (Å²) in [5, 5.41) is 0. The van der Waals surface area contributed by atoms with E-state index in [1.54, 1.807) is 0 Å². The van der Waals surface area contributed by atoms with Gasteiger partial charge in [0.2, 0.25) is 5.89 Å². The molecule has 0 bridgehead atoms. The van der Waals surface area contributed by atoms with Gasteiger partial charge in [0, 0.05) is 24.7 Å². The molecular weight excluding hydrogens is 296 g/mol. The standard InChI is InChI=1S/C21H24N2O/c1-16(2)23(14-18-10-6-4-7-11-18)15-20-17(3)24-21(22-20)19-12-8-5-9-13-19/h4-13,16H,14-15H2,1-3H3. The van der Waals surface area contributed by atoms with Crippen LogP contribution in [0.3, 0.4) is 0 Å². The molecule has 1 heterocycles. The van der Waals surface area contributed by atoms with Crippen molar-refractivity contribution in [1.82, 2.24) is 9.88 Å². The third-order valence-corrected chi connectivity index (χ3v) is 4.23. The number of aryl methyl sites for hydroxylation is 1. The lowest BCUT2D eigenvalue weighted by molar-refractivity contribution is 0.200. The zero-order valence-electron chi connectivity index (χ0n) is 14.6. The van der Waals surface area contributed by atoms with Crippen molar-refractivity contribution in [2.45, 2.75) is 39.9 Å². The largest absolute Gasteiger partial charge is 0.441 e. The molecule has 0 saturated carbocycles. The lowest BCUT2D eigenvalue weighted by Crippen LogP contribution is -2.30. The minimum absolute atomic E-state index is 0.432. The van der Waals surface area contributed by atoms with Gasteiger partial charge in [0.05, 0.1) is 5.69 Å². The average molecular weight is 320 g/mol. The Labute approximate surface area is 144 Å². The molecule has 0 N–H and O–H groups in total. The highest BCUT2D eigenvalue weighted by atomic mass is 16.4. The smallest absolute Gasteiger partial charge is 0.226 e. The molecule has 0 aliphatic rings. The number of oxazole rings is 1. The Morgan fingerprint density at radius 3 is 2.17 bits per heavy atom. The van der Waals surface area contributed by atoms with Crippen LogP contribution in [0.5, 0.6) is 0 Å². The fourth-order valence-electron chi connectivity index (χ4n) is 2.71. The Balaban J connectivity index is 1.79. The van der Waals surface area contributed by atoms with Gasteiger partial charge in [-0.3, -0.25) is 4.90 Å². The summed E-state index contributed by atoms with van der Waals surface area (Å²) < 4.78 is 5.89. The fraction of sp³-hybridized carbons (Fsp3) is 0.286. The maximum Gasteiger partial charge on any atom is 0.226 e. The molecule has 0 fully saturated rings. The quantitative estimate of drug-likeness (QED) is 0.635. The first-order valence-electron chi connectivity index (χ1n) is 8.43. The zero-order valence-corrected chi connectivity index (χ0v) is 14.6. The molecule has 0 radical (unpaired) electrons. The van der Waals surface area contributed by atoms with Crippen LogP contribution in [-0.4, -0.2) is 15.9 Å². The van der Waals surface area contributed by atoms with Gasteiger partial charge in [-0.1, -0.05) is 48.5 Å². The molecule has 124 valence electrons. The zero-order chi connectivity index (χ0) is 16.9. The highest BCUT2D eigenvalue weighted by Gasteiger charge is 2.17. The molecule has 3 nitrogen and oxygen atoms in total. The van der Waals surface area contributed by atoms with Crippen LogP contribution in [0.1, 0.15) is 30.9 Å². The highest BCUT2D eigenvalue weighted by Crippen LogP contribution is 2.23. The van der Waals surface area contributed by atoms with Crippen LogP contribution in [0.25, 0.3) is 11.5 Å². The Hall–Kier alpha value is -2.39. The molecule has 0 atom stereocenters. The van der Waals surface area contributed by atoms with Crippen molar-refractivity contribution in [3.05, 3.63) is 77.7 Å². The first-order chi connectivity index (χ1) is 11.6. The van der Waals surface area contributed by atoms with E-state index in [1.807, 2.05) is 37.3 Å². The van der Waals surface area contributed by atoms with E-state index >= 15 is 0 Å². The van der Waals surface area contributed by atoms with Gasteiger partial charge in [0.1, 0.15) is 5.76 Å². The summed E-state index contributed by atoms with van der Waals surface area (Å²) in [6.07, 6.45) is 0. The van der Waals surface area contributed by atoms with Gasteiger partial charge in [0.15, 0.2) is 0 Å². The van der Waals surface area contributed by atoms with Gasteiger partial charge in [-0.15, -0.1) is 0 Å². The molecule has 24 heavy (non-hydrogen) atoms. The number of aromatic nitrogens is 1. The second kappa shape index (κ2) is 7.45. The molecule has 0 amide bonds. The third-order valence-electron chi connectivity index (χ3n) is 4.23. The molecule has 0 saturated heterocycles. The summed E-state index contributed by atoms with van der Waals surface area (Å²) in [5.41, 5.74) is 3.35. The predicted molar refractivity (Wildman–Crippen MR) is 97.5 cm³/mol. The molecular formula is C21H24N2O. The SMILES string of the molecule is Cc1oc(-c2ccccc2)nc1CN(Cc1ccccc1)C(C)C. The van der Waals surface area contributed by atoms with Gasteiger partial charge < -0.3 is 4.42 Å². The second-order valence-electron chi connectivity index (χ2n) is 6.37. The number of hydrogen-bond donors (Lipinski definition) is 0. The maximum absolute atomic E-state index is 5.89. The Kier molecular flexibility index (Phi) is 5.11. The van der Waals surface area contributed by atoms with E-state index in [-0.39, 0.29) is 0 Å². The van der Waals surface area contributed by atoms with Crippen molar-refractivity contribution in [3.63, 3.8) is 0 Å². The fourth-order valence-corrected chi connectivity index (χ4v) is 2.71. The molecule has 0 spiro atoms. The monoisotopic (exact) mass is 320 g/mol. The number of rotatable bonds is 6. The summed E-state index contributed by atoms with van der Waals surface area (Å²) in [6.45, 7) is 8.13. The van der Waals surface area contributed by atoms with Crippen molar-refractivity contribution in [1.29, 1.82) is 0 Å². The summed E-state index contributed by atoms with van der Waals surface area (Å²) in [4.78, 5) is 7.15. The molecule has 0 unspecified atom stereocenters. The van der Waals surface area contributed by atoms with Crippen LogP contribution in [0.2, 0.25) is 0 Å². The van der Waals surface area contributed by atoms with Crippen molar-refractivity contribution in [2.24, 2.45) is 0 Å². The maximum atomic E-state index is 5.89. The van der Waals surface area contributed by atoms with E-state index < -0.39 is 0 Å². The van der Waals surface area contributed by atoms with Crippen LogP contribution >= 0.6 is 0 Å². The number of nitrogens with zero attached hydrogens (tertiary/aromatic N) is 2. The average Bonchev–Trinajstić information content (AvgIpc) is 2.97. The third kappa shape index (κ3) is 3.92. The minimum atomic E-state index is 0.432. The molecule has 3 heteroatoms. The normalized spacial score (nSPS) is 11.4. The predicted octanol–water partition coefficient (Wildman–Crippen LogP) is 5.06. The highest BCUT2D eigenvalue weighted by molar-refractivity contribution is 5.53.